The Hall–Kier alpha value is -3.47. The molecule has 0 saturated heterocycles. The fraction of sp³-hybridized carbons (Fsp3) is 0.368. The average molecular weight is 418 g/mol. The number of hydrogen-bond donors (Lipinski definition) is 4. The number of halogens is 1. The van der Waals surface area contributed by atoms with Crippen LogP contribution >= 0.6 is 0 Å². The molecule has 0 fully saturated rings. The van der Waals surface area contributed by atoms with Crippen LogP contribution in [0.5, 0.6) is 5.75 Å². The number of fused-ring (bicyclic) bond motifs is 1. The van der Waals surface area contributed by atoms with E-state index in [4.69, 9.17) is 9.84 Å². The second-order valence-electron chi connectivity index (χ2n) is 6.56. The second kappa shape index (κ2) is 9.35. The van der Waals surface area contributed by atoms with E-state index in [1.165, 1.54) is 11.8 Å². The second-order valence-corrected chi connectivity index (χ2v) is 6.56. The summed E-state index contributed by atoms with van der Waals surface area (Å²) in [4.78, 5) is 19.1. The number of methoxy groups -OCH3 is 1. The Balaban J connectivity index is 2.07. The number of anilines is 2. The Bertz CT molecular complexity index is 1060. The smallest absolute Gasteiger partial charge is 0.411 e. The minimum atomic E-state index is -1.35. The fourth-order valence-electron chi connectivity index (χ4n) is 3.00. The van der Waals surface area contributed by atoms with Gasteiger partial charge in [0, 0.05) is 12.1 Å². The molecule has 1 aromatic carbocycles. The molecule has 11 heteroatoms. The zero-order valence-electron chi connectivity index (χ0n) is 16.6. The molecule has 2 heterocycles. The maximum Gasteiger partial charge on any atom is 0.411 e. The van der Waals surface area contributed by atoms with Crippen molar-refractivity contribution in [1.82, 2.24) is 19.7 Å². The Morgan fingerprint density at radius 2 is 2.13 bits per heavy atom. The van der Waals surface area contributed by atoms with Crippen LogP contribution in [0.3, 0.4) is 0 Å². The molecule has 2 aromatic heterocycles. The monoisotopic (exact) mass is 418 g/mol. The van der Waals surface area contributed by atoms with Crippen LogP contribution in [0.4, 0.5) is 21.0 Å². The van der Waals surface area contributed by atoms with Crippen LogP contribution in [0.1, 0.15) is 30.9 Å². The minimum Gasteiger partial charge on any atom is -0.496 e. The van der Waals surface area contributed by atoms with Gasteiger partial charge in [0.05, 0.1) is 20.3 Å². The maximum absolute atomic E-state index is 14.6. The minimum absolute atomic E-state index is 0.0984. The van der Waals surface area contributed by atoms with Crippen molar-refractivity contribution in [3.8, 4) is 5.75 Å². The molecular weight excluding hydrogens is 395 g/mol. The number of carboxylic acid groups (broad SMARTS) is 1. The van der Waals surface area contributed by atoms with E-state index in [9.17, 15) is 14.3 Å². The zero-order chi connectivity index (χ0) is 21.7. The predicted molar refractivity (Wildman–Crippen MR) is 108 cm³/mol. The van der Waals surface area contributed by atoms with E-state index in [0.717, 1.165) is 12.8 Å². The molecule has 0 spiro atoms. The highest BCUT2D eigenvalue weighted by atomic mass is 19.1. The van der Waals surface area contributed by atoms with Gasteiger partial charge in [-0.15, -0.1) is 5.10 Å². The van der Waals surface area contributed by atoms with Crippen molar-refractivity contribution in [3.05, 3.63) is 35.3 Å². The number of rotatable bonds is 9. The van der Waals surface area contributed by atoms with Gasteiger partial charge in [-0.05, 0) is 18.1 Å². The Labute approximate surface area is 171 Å². The summed E-state index contributed by atoms with van der Waals surface area (Å²) in [6.45, 7) is 2.62. The number of aliphatic hydroxyl groups excluding tert-OH is 1. The van der Waals surface area contributed by atoms with Crippen LogP contribution in [-0.4, -0.2) is 49.7 Å². The summed E-state index contributed by atoms with van der Waals surface area (Å²) in [7, 11) is 1.51. The lowest BCUT2D eigenvalue weighted by Crippen LogP contribution is -2.14. The van der Waals surface area contributed by atoms with Crippen LogP contribution in [-0.2, 0) is 13.2 Å². The number of amides is 1. The van der Waals surface area contributed by atoms with Crippen molar-refractivity contribution in [2.75, 3.05) is 24.3 Å². The topological polar surface area (TPSA) is 134 Å². The van der Waals surface area contributed by atoms with Crippen LogP contribution in [0.2, 0.25) is 0 Å². The van der Waals surface area contributed by atoms with E-state index in [-0.39, 0.29) is 30.4 Å². The number of ether oxygens (including phenoxy) is 1. The highest BCUT2D eigenvalue weighted by molar-refractivity contribution is 5.89. The zero-order valence-corrected chi connectivity index (χ0v) is 16.6. The first kappa shape index (κ1) is 21.2. The van der Waals surface area contributed by atoms with Gasteiger partial charge in [-0.3, -0.25) is 10.00 Å². The lowest BCUT2D eigenvalue weighted by Gasteiger charge is -2.13. The van der Waals surface area contributed by atoms with Crippen molar-refractivity contribution in [3.63, 3.8) is 0 Å². The van der Waals surface area contributed by atoms with Crippen LogP contribution in [0, 0.1) is 5.95 Å². The SMILES string of the molecule is CCCCNc1nc(NC(=O)O)nc2c(F)nn(Cc3ccc(CO)cc3OC)c12. The number of aromatic nitrogens is 4. The molecule has 0 aliphatic heterocycles. The summed E-state index contributed by atoms with van der Waals surface area (Å²) < 4.78 is 21.4. The van der Waals surface area contributed by atoms with Crippen LogP contribution in [0.25, 0.3) is 11.0 Å². The van der Waals surface area contributed by atoms with Crippen molar-refractivity contribution >= 4 is 28.9 Å². The van der Waals surface area contributed by atoms with E-state index in [1.54, 1.807) is 18.2 Å². The molecule has 10 nitrogen and oxygen atoms in total. The third-order valence-electron chi connectivity index (χ3n) is 4.44. The van der Waals surface area contributed by atoms with Gasteiger partial charge in [0.1, 0.15) is 11.3 Å². The summed E-state index contributed by atoms with van der Waals surface area (Å²) in [5, 5.41) is 27.4. The van der Waals surface area contributed by atoms with Crippen molar-refractivity contribution < 1.29 is 24.1 Å². The third kappa shape index (κ3) is 4.57. The number of hydrogen-bond acceptors (Lipinski definition) is 7. The molecule has 0 aliphatic rings. The van der Waals surface area contributed by atoms with Gasteiger partial charge in [-0.25, -0.2) is 9.78 Å². The summed E-state index contributed by atoms with van der Waals surface area (Å²) in [5.74, 6) is -0.279. The molecule has 1 amide bonds. The number of unbranched alkanes of at least 4 members (excludes halogenated alkanes) is 1. The van der Waals surface area contributed by atoms with E-state index in [0.29, 0.717) is 28.9 Å². The first-order valence-corrected chi connectivity index (χ1v) is 9.41. The molecule has 0 saturated carbocycles. The van der Waals surface area contributed by atoms with E-state index < -0.39 is 12.0 Å². The number of carbonyl (C=O) groups is 1. The number of benzene rings is 1. The summed E-state index contributed by atoms with van der Waals surface area (Å²) in [5.41, 5.74) is 1.61. The standard InChI is InChI=1S/C19H23FN6O4/c1-3-4-7-21-17-15-14(22-18(23-17)24-19(28)29)16(20)25-26(15)9-12-6-5-11(10-27)8-13(12)30-2/h5-6,8,27H,3-4,7,9-10H2,1-2H3,(H,28,29)(H2,21,22,23,24). The van der Waals surface area contributed by atoms with Crippen LogP contribution < -0.4 is 15.4 Å². The fourth-order valence-corrected chi connectivity index (χ4v) is 3.00. The first-order valence-electron chi connectivity index (χ1n) is 9.41. The van der Waals surface area contributed by atoms with E-state index >= 15 is 0 Å². The van der Waals surface area contributed by atoms with Gasteiger partial charge < -0.3 is 20.3 Å². The largest absolute Gasteiger partial charge is 0.496 e. The number of aliphatic hydroxyl groups is 1. The van der Waals surface area contributed by atoms with Gasteiger partial charge >= 0.3 is 6.09 Å². The Morgan fingerprint density at radius 3 is 2.80 bits per heavy atom. The van der Waals surface area contributed by atoms with Crippen molar-refractivity contribution in [2.24, 2.45) is 0 Å². The maximum atomic E-state index is 14.6. The van der Waals surface area contributed by atoms with Gasteiger partial charge in [0.15, 0.2) is 11.3 Å². The molecule has 0 unspecified atom stereocenters. The first-order chi connectivity index (χ1) is 14.5. The lowest BCUT2D eigenvalue weighted by molar-refractivity contribution is 0.209. The van der Waals surface area contributed by atoms with Crippen molar-refractivity contribution in [2.45, 2.75) is 32.9 Å². The molecule has 3 aromatic rings. The van der Waals surface area contributed by atoms with Gasteiger partial charge in [0.2, 0.25) is 5.95 Å². The molecule has 4 N–H and O–H groups in total. The van der Waals surface area contributed by atoms with E-state index in [1.807, 2.05) is 6.92 Å². The van der Waals surface area contributed by atoms with E-state index in [2.05, 4.69) is 25.7 Å². The number of nitrogens with zero attached hydrogens (tertiary/aromatic N) is 4. The molecule has 30 heavy (non-hydrogen) atoms. The molecule has 3 rings (SSSR count). The van der Waals surface area contributed by atoms with Gasteiger partial charge in [0.25, 0.3) is 5.95 Å². The molecule has 0 radical (unpaired) electrons. The number of nitrogens with one attached hydrogen (secondary N) is 2. The molecule has 160 valence electrons. The lowest BCUT2D eigenvalue weighted by atomic mass is 10.1. The Morgan fingerprint density at radius 1 is 1.33 bits per heavy atom. The summed E-state index contributed by atoms with van der Waals surface area (Å²) >= 11 is 0. The Kier molecular flexibility index (Phi) is 6.62. The third-order valence-corrected chi connectivity index (χ3v) is 4.44. The predicted octanol–water partition coefficient (Wildman–Crippen LogP) is 2.82. The van der Waals surface area contributed by atoms with Crippen LogP contribution in [0.15, 0.2) is 18.2 Å². The summed E-state index contributed by atoms with van der Waals surface area (Å²) in [6, 6.07) is 5.20. The molecule has 0 aliphatic carbocycles. The highest BCUT2D eigenvalue weighted by Gasteiger charge is 2.20. The molecule has 0 atom stereocenters. The van der Waals surface area contributed by atoms with Gasteiger partial charge in [-0.2, -0.15) is 9.37 Å². The molecular formula is C19H23FN6O4. The summed E-state index contributed by atoms with van der Waals surface area (Å²) in [6.07, 6.45) is 0.430. The molecule has 0 bridgehead atoms. The van der Waals surface area contributed by atoms with Crippen molar-refractivity contribution in [1.29, 1.82) is 0 Å². The quantitative estimate of drug-likeness (QED) is 0.390. The highest BCUT2D eigenvalue weighted by Crippen LogP contribution is 2.28. The normalized spacial score (nSPS) is 10.9. The van der Waals surface area contributed by atoms with Gasteiger partial charge in [-0.1, -0.05) is 25.5 Å². The average Bonchev–Trinajstić information content (AvgIpc) is 3.03.